The molecule has 0 aliphatic heterocycles. The second-order valence-corrected chi connectivity index (χ2v) is 5.79. The monoisotopic (exact) mass is 309 g/mol. The van der Waals surface area contributed by atoms with E-state index in [2.05, 4.69) is 0 Å². The fourth-order valence-corrected chi connectivity index (χ4v) is 2.49. The van der Waals surface area contributed by atoms with Crippen molar-refractivity contribution in [2.75, 3.05) is 19.0 Å². The maximum atomic E-state index is 10.3. The van der Waals surface area contributed by atoms with Gasteiger partial charge >= 0.3 is 0 Å². The number of anilines is 1. The predicted molar refractivity (Wildman–Crippen MR) is 85.9 cm³/mol. The Morgan fingerprint density at radius 2 is 1.70 bits per heavy atom. The third-order valence-corrected chi connectivity index (χ3v) is 3.81. The van der Waals surface area contributed by atoms with Gasteiger partial charge in [0.05, 0.1) is 6.10 Å². The molecule has 0 amide bonds. The predicted octanol–water partition coefficient (Wildman–Crippen LogP) is 4.34. The van der Waals surface area contributed by atoms with E-state index in [9.17, 15) is 5.11 Å². The van der Waals surface area contributed by atoms with Gasteiger partial charge in [-0.15, -0.1) is 0 Å². The summed E-state index contributed by atoms with van der Waals surface area (Å²) in [6.07, 6.45) is -0.109. The molecule has 0 saturated heterocycles. The van der Waals surface area contributed by atoms with Crippen molar-refractivity contribution in [1.82, 2.24) is 0 Å². The summed E-state index contributed by atoms with van der Waals surface area (Å²) in [5.41, 5.74) is 2.87. The number of hydrogen-bond donors (Lipinski definition) is 1. The van der Waals surface area contributed by atoms with Crippen molar-refractivity contribution in [1.29, 1.82) is 0 Å². The summed E-state index contributed by atoms with van der Waals surface area (Å²) in [5.74, 6) is 0. The first-order chi connectivity index (χ1) is 9.47. The van der Waals surface area contributed by atoms with Crippen LogP contribution in [0.2, 0.25) is 10.0 Å². The molecule has 1 N–H and O–H groups in total. The molecular weight excluding hydrogens is 293 g/mol. The molecular formula is C16H17Cl2NO. The van der Waals surface area contributed by atoms with Crippen LogP contribution in [0.5, 0.6) is 0 Å². The van der Waals surface area contributed by atoms with E-state index < -0.39 is 6.10 Å². The highest BCUT2D eigenvalue weighted by Crippen LogP contribution is 2.27. The Morgan fingerprint density at radius 3 is 2.25 bits per heavy atom. The molecule has 0 heterocycles. The molecule has 0 saturated carbocycles. The minimum atomic E-state index is -0.579. The molecule has 2 aromatic carbocycles. The Kier molecular flexibility index (Phi) is 4.92. The highest BCUT2D eigenvalue weighted by atomic mass is 35.5. The van der Waals surface area contributed by atoms with Gasteiger partial charge in [0.25, 0.3) is 0 Å². The number of nitrogens with zero attached hydrogens (tertiary/aromatic N) is 1. The highest BCUT2D eigenvalue weighted by molar-refractivity contribution is 6.35. The zero-order chi connectivity index (χ0) is 14.7. The van der Waals surface area contributed by atoms with Gasteiger partial charge in [-0.25, -0.2) is 0 Å². The average molecular weight is 310 g/mol. The van der Waals surface area contributed by atoms with Gasteiger partial charge in [-0.2, -0.15) is 0 Å². The van der Waals surface area contributed by atoms with Crippen molar-refractivity contribution in [3.05, 3.63) is 63.6 Å². The fourth-order valence-electron chi connectivity index (χ4n) is 2.01. The van der Waals surface area contributed by atoms with E-state index in [1.54, 1.807) is 12.1 Å². The van der Waals surface area contributed by atoms with Gasteiger partial charge in [-0.1, -0.05) is 41.4 Å². The Labute approximate surface area is 129 Å². The first-order valence-corrected chi connectivity index (χ1v) is 7.12. The number of hydrogen-bond acceptors (Lipinski definition) is 2. The van der Waals surface area contributed by atoms with Gasteiger partial charge in [0.2, 0.25) is 0 Å². The molecule has 0 bridgehead atoms. The van der Waals surface area contributed by atoms with Gasteiger partial charge in [0, 0.05) is 36.2 Å². The van der Waals surface area contributed by atoms with Crippen molar-refractivity contribution in [3.8, 4) is 0 Å². The van der Waals surface area contributed by atoms with E-state index in [4.69, 9.17) is 23.2 Å². The maximum absolute atomic E-state index is 10.3. The van der Waals surface area contributed by atoms with Crippen LogP contribution in [0.15, 0.2) is 42.5 Å². The van der Waals surface area contributed by atoms with E-state index in [1.165, 1.54) is 0 Å². The van der Waals surface area contributed by atoms with Crippen molar-refractivity contribution < 1.29 is 5.11 Å². The molecule has 2 nitrogen and oxygen atoms in total. The Balaban J connectivity index is 2.13. The minimum absolute atomic E-state index is 0.470. The molecule has 4 heteroatoms. The van der Waals surface area contributed by atoms with Crippen LogP contribution in [-0.4, -0.2) is 19.2 Å². The standard InChI is InChI=1S/C16H17Cl2NO/c1-19(2)14-7-4-11(5-8-14)16(20)9-12-3-6-13(17)10-15(12)18/h3-8,10,16,20H,9H2,1-2H3. The van der Waals surface area contributed by atoms with Crippen molar-refractivity contribution in [2.24, 2.45) is 0 Å². The third-order valence-electron chi connectivity index (χ3n) is 3.22. The van der Waals surface area contributed by atoms with E-state index in [1.807, 2.05) is 49.3 Å². The maximum Gasteiger partial charge on any atom is 0.0830 e. The molecule has 2 rings (SSSR count). The van der Waals surface area contributed by atoms with Gasteiger partial charge in [-0.05, 0) is 35.4 Å². The smallest absolute Gasteiger partial charge is 0.0830 e. The zero-order valence-corrected chi connectivity index (χ0v) is 13.0. The summed E-state index contributed by atoms with van der Waals surface area (Å²) in [6, 6.07) is 13.2. The highest BCUT2D eigenvalue weighted by Gasteiger charge is 2.11. The molecule has 0 spiro atoms. The van der Waals surface area contributed by atoms with Crippen LogP contribution in [0.4, 0.5) is 5.69 Å². The Hall–Kier alpha value is -1.22. The molecule has 20 heavy (non-hydrogen) atoms. The summed E-state index contributed by atoms with van der Waals surface area (Å²) in [5, 5.41) is 11.5. The molecule has 0 aliphatic carbocycles. The molecule has 1 unspecified atom stereocenters. The van der Waals surface area contributed by atoms with Crippen LogP contribution in [0.25, 0.3) is 0 Å². The van der Waals surface area contributed by atoms with Crippen molar-refractivity contribution >= 4 is 28.9 Å². The van der Waals surface area contributed by atoms with E-state index in [0.29, 0.717) is 16.5 Å². The van der Waals surface area contributed by atoms with Crippen LogP contribution in [0.3, 0.4) is 0 Å². The Morgan fingerprint density at radius 1 is 1.05 bits per heavy atom. The normalized spacial score (nSPS) is 12.2. The van der Waals surface area contributed by atoms with Crippen molar-refractivity contribution in [2.45, 2.75) is 12.5 Å². The van der Waals surface area contributed by atoms with E-state index >= 15 is 0 Å². The first-order valence-electron chi connectivity index (χ1n) is 6.36. The second kappa shape index (κ2) is 6.49. The number of rotatable bonds is 4. The van der Waals surface area contributed by atoms with Crippen LogP contribution < -0.4 is 4.90 Å². The summed E-state index contributed by atoms with van der Waals surface area (Å²) in [4.78, 5) is 2.02. The lowest BCUT2D eigenvalue weighted by atomic mass is 10.0. The summed E-state index contributed by atoms with van der Waals surface area (Å²) >= 11 is 12.0. The summed E-state index contributed by atoms with van der Waals surface area (Å²) < 4.78 is 0. The SMILES string of the molecule is CN(C)c1ccc(C(O)Cc2ccc(Cl)cc2Cl)cc1. The largest absolute Gasteiger partial charge is 0.388 e. The summed E-state index contributed by atoms with van der Waals surface area (Å²) in [6.45, 7) is 0. The van der Waals surface area contributed by atoms with Gasteiger partial charge in [-0.3, -0.25) is 0 Å². The lowest BCUT2D eigenvalue weighted by molar-refractivity contribution is 0.178. The fraction of sp³-hybridized carbons (Fsp3) is 0.250. The Bertz CT molecular complexity index is 582. The lowest BCUT2D eigenvalue weighted by Gasteiger charge is -2.16. The molecule has 106 valence electrons. The second-order valence-electron chi connectivity index (χ2n) is 4.94. The van der Waals surface area contributed by atoms with Gasteiger partial charge in [0.15, 0.2) is 0 Å². The van der Waals surface area contributed by atoms with Crippen LogP contribution in [0, 0.1) is 0 Å². The number of aliphatic hydroxyl groups excluding tert-OH is 1. The van der Waals surface area contributed by atoms with E-state index in [0.717, 1.165) is 16.8 Å². The topological polar surface area (TPSA) is 23.5 Å². The van der Waals surface area contributed by atoms with Gasteiger partial charge < -0.3 is 10.0 Å². The number of benzene rings is 2. The van der Waals surface area contributed by atoms with Crippen LogP contribution >= 0.6 is 23.2 Å². The first kappa shape index (κ1) is 15.2. The lowest BCUT2D eigenvalue weighted by Crippen LogP contribution is -2.09. The molecule has 0 fully saturated rings. The molecule has 0 radical (unpaired) electrons. The van der Waals surface area contributed by atoms with E-state index in [-0.39, 0.29) is 0 Å². The molecule has 0 aromatic heterocycles. The molecule has 1 atom stereocenters. The average Bonchev–Trinajstić information content (AvgIpc) is 2.42. The van der Waals surface area contributed by atoms with Crippen LogP contribution in [0.1, 0.15) is 17.2 Å². The zero-order valence-electron chi connectivity index (χ0n) is 11.5. The van der Waals surface area contributed by atoms with Crippen molar-refractivity contribution in [3.63, 3.8) is 0 Å². The molecule has 2 aromatic rings. The minimum Gasteiger partial charge on any atom is -0.388 e. The van der Waals surface area contributed by atoms with Gasteiger partial charge in [0.1, 0.15) is 0 Å². The third kappa shape index (κ3) is 3.66. The van der Waals surface area contributed by atoms with Crippen LogP contribution in [-0.2, 0) is 6.42 Å². The number of aliphatic hydroxyl groups is 1. The quantitative estimate of drug-likeness (QED) is 0.908. The molecule has 0 aliphatic rings. The number of halogens is 2. The summed E-state index contributed by atoms with van der Waals surface area (Å²) in [7, 11) is 3.97.